The number of benzene rings is 2. The van der Waals surface area contributed by atoms with Crippen LogP contribution in [0, 0.1) is 0 Å². The van der Waals surface area contributed by atoms with Crippen molar-refractivity contribution in [1.82, 2.24) is 5.32 Å². The number of nitrogens with two attached hydrogens (primary N) is 1. The van der Waals surface area contributed by atoms with E-state index >= 15 is 0 Å². The third-order valence-electron chi connectivity index (χ3n) is 3.73. The molecule has 2 aromatic rings. The Kier molecular flexibility index (Phi) is 6.63. The molecule has 0 saturated heterocycles. The molecule has 2 rings (SSSR count). The number of rotatable bonds is 8. The molecule has 0 aliphatic carbocycles. The third-order valence-corrected chi connectivity index (χ3v) is 3.73. The number of carbonyl (C=O) groups excluding carboxylic acids is 1. The number of hydrogen-bond donors (Lipinski definition) is 2. The van der Waals surface area contributed by atoms with Crippen LogP contribution in [0.3, 0.4) is 0 Å². The van der Waals surface area contributed by atoms with Crippen LogP contribution in [0.2, 0.25) is 0 Å². The van der Waals surface area contributed by atoms with E-state index < -0.39 is 0 Å². The van der Waals surface area contributed by atoms with E-state index in [1.165, 1.54) is 0 Å². The number of para-hydroxylation sites is 1. The molecule has 0 heterocycles. The molecule has 0 aliphatic heterocycles. The maximum absolute atomic E-state index is 12.0. The fraction of sp³-hybridized carbons (Fsp3) is 0.316. The Bertz CT molecular complexity index is 641. The fourth-order valence-corrected chi connectivity index (χ4v) is 2.38. The van der Waals surface area contributed by atoms with Crippen molar-refractivity contribution in [2.24, 2.45) is 0 Å². The molecular weight excluding hydrogens is 288 g/mol. The second-order valence-electron chi connectivity index (χ2n) is 5.38. The van der Waals surface area contributed by atoms with Crippen molar-refractivity contribution in [3.63, 3.8) is 0 Å². The van der Waals surface area contributed by atoms with Gasteiger partial charge >= 0.3 is 0 Å². The van der Waals surface area contributed by atoms with Gasteiger partial charge < -0.3 is 15.8 Å². The predicted molar refractivity (Wildman–Crippen MR) is 92.8 cm³/mol. The summed E-state index contributed by atoms with van der Waals surface area (Å²) >= 11 is 0. The van der Waals surface area contributed by atoms with E-state index in [-0.39, 0.29) is 5.91 Å². The van der Waals surface area contributed by atoms with Crippen LogP contribution in [0.4, 0.5) is 5.69 Å². The van der Waals surface area contributed by atoms with Crippen LogP contribution in [0.5, 0.6) is 0 Å². The molecular formula is C19H24N2O2. The lowest BCUT2D eigenvalue weighted by molar-refractivity contribution is -0.121. The normalized spacial score (nSPS) is 10.5. The van der Waals surface area contributed by atoms with E-state index in [1.54, 1.807) is 0 Å². The van der Waals surface area contributed by atoms with Gasteiger partial charge in [-0.15, -0.1) is 0 Å². The molecule has 23 heavy (non-hydrogen) atoms. The molecule has 3 N–H and O–H groups in total. The van der Waals surface area contributed by atoms with Crippen molar-refractivity contribution < 1.29 is 9.53 Å². The van der Waals surface area contributed by atoms with Crippen molar-refractivity contribution in [2.45, 2.75) is 32.9 Å². The molecule has 4 nitrogen and oxygen atoms in total. The van der Waals surface area contributed by atoms with Gasteiger partial charge in [0, 0.05) is 25.3 Å². The van der Waals surface area contributed by atoms with Crippen LogP contribution >= 0.6 is 0 Å². The topological polar surface area (TPSA) is 64.3 Å². The highest BCUT2D eigenvalue weighted by molar-refractivity contribution is 5.76. The summed E-state index contributed by atoms with van der Waals surface area (Å²) in [6.45, 7) is 3.74. The molecule has 4 heteroatoms. The fourth-order valence-electron chi connectivity index (χ4n) is 2.38. The van der Waals surface area contributed by atoms with Crippen LogP contribution < -0.4 is 11.1 Å². The summed E-state index contributed by atoms with van der Waals surface area (Å²) in [7, 11) is 0. The van der Waals surface area contributed by atoms with Gasteiger partial charge in [-0.3, -0.25) is 4.79 Å². The van der Waals surface area contributed by atoms with Gasteiger partial charge in [0.25, 0.3) is 0 Å². The molecule has 1 amide bonds. The number of amides is 1. The number of ether oxygens (including phenoxy) is 1. The number of nitrogens with one attached hydrogen (secondary N) is 1. The van der Waals surface area contributed by atoms with Gasteiger partial charge in [0.15, 0.2) is 0 Å². The van der Waals surface area contributed by atoms with E-state index in [2.05, 4.69) is 5.32 Å². The Labute approximate surface area is 137 Å². The van der Waals surface area contributed by atoms with Crippen molar-refractivity contribution >= 4 is 11.6 Å². The number of hydrogen-bond acceptors (Lipinski definition) is 3. The minimum Gasteiger partial charge on any atom is -0.399 e. The first kappa shape index (κ1) is 17.0. The average Bonchev–Trinajstić information content (AvgIpc) is 2.58. The van der Waals surface area contributed by atoms with Crippen molar-refractivity contribution in [1.29, 1.82) is 0 Å². The SMILES string of the molecule is CCOCc1ccccc1CNC(=O)CCc1ccccc1N. The van der Waals surface area contributed by atoms with Crippen LogP contribution in [0.25, 0.3) is 0 Å². The standard InChI is InChI=1S/C19H24N2O2/c1-2-23-14-17-9-4-3-8-16(17)13-21-19(22)12-11-15-7-5-6-10-18(15)20/h3-10H,2,11-14,20H2,1H3,(H,21,22). The van der Waals surface area contributed by atoms with Gasteiger partial charge in [0.2, 0.25) is 5.91 Å². The maximum atomic E-state index is 12.0. The monoisotopic (exact) mass is 312 g/mol. The molecule has 0 bridgehead atoms. The first-order valence-corrected chi connectivity index (χ1v) is 7.95. The van der Waals surface area contributed by atoms with Crippen LogP contribution in [-0.2, 0) is 29.1 Å². The summed E-state index contributed by atoms with van der Waals surface area (Å²) in [6.07, 6.45) is 1.08. The van der Waals surface area contributed by atoms with Gasteiger partial charge in [-0.1, -0.05) is 42.5 Å². The van der Waals surface area contributed by atoms with E-state index in [4.69, 9.17) is 10.5 Å². The summed E-state index contributed by atoms with van der Waals surface area (Å²) in [5.74, 6) is 0.0273. The van der Waals surface area contributed by atoms with Crippen LogP contribution in [-0.4, -0.2) is 12.5 Å². The summed E-state index contributed by atoms with van der Waals surface area (Å²) in [5, 5.41) is 2.97. The molecule has 0 fully saturated rings. The second kappa shape index (κ2) is 8.96. The van der Waals surface area contributed by atoms with Gasteiger partial charge in [-0.25, -0.2) is 0 Å². The molecule has 0 atom stereocenters. The lowest BCUT2D eigenvalue weighted by Gasteiger charge is -2.11. The molecule has 0 spiro atoms. The Balaban J connectivity index is 1.84. The largest absolute Gasteiger partial charge is 0.399 e. The zero-order valence-corrected chi connectivity index (χ0v) is 13.5. The summed E-state index contributed by atoms with van der Waals surface area (Å²) in [5.41, 5.74) is 9.85. The lowest BCUT2D eigenvalue weighted by Crippen LogP contribution is -2.23. The minimum atomic E-state index is 0.0273. The van der Waals surface area contributed by atoms with Gasteiger partial charge in [0.1, 0.15) is 0 Å². The number of nitrogen functional groups attached to an aromatic ring is 1. The Morgan fingerprint density at radius 1 is 1.04 bits per heavy atom. The smallest absolute Gasteiger partial charge is 0.220 e. The minimum absolute atomic E-state index is 0.0273. The number of anilines is 1. The zero-order valence-electron chi connectivity index (χ0n) is 13.5. The van der Waals surface area contributed by atoms with Crippen molar-refractivity contribution in [2.75, 3.05) is 12.3 Å². The van der Waals surface area contributed by atoms with E-state index in [0.29, 0.717) is 32.6 Å². The first-order valence-electron chi connectivity index (χ1n) is 7.95. The Morgan fingerprint density at radius 3 is 2.39 bits per heavy atom. The van der Waals surface area contributed by atoms with E-state index in [9.17, 15) is 4.79 Å². The van der Waals surface area contributed by atoms with Crippen LogP contribution in [0.1, 0.15) is 30.0 Å². The second-order valence-corrected chi connectivity index (χ2v) is 5.38. The van der Waals surface area contributed by atoms with Crippen molar-refractivity contribution in [3.05, 3.63) is 65.2 Å². The highest BCUT2D eigenvalue weighted by Gasteiger charge is 2.06. The molecule has 2 aromatic carbocycles. The van der Waals surface area contributed by atoms with E-state index in [0.717, 1.165) is 22.4 Å². The molecule has 0 aromatic heterocycles. The molecule has 0 unspecified atom stereocenters. The first-order chi connectivity index (χ1) is 11.2. The summed E-state index contributed by atoms with van der Waals surface area (Å²) in [4.78, 5) is 12.0. The molecule has 122 valence electrons. The highest BCUT2D eigenvalue weighted by atomic mass is 16.5. The zero-order chi connectivity index (χ0) is 16.5. The summed E-state index contributed by atoms with van der Waals surface area (Å²) in [6, 6.07) is 15.7. The molecule has 0 aliphatic rings. The quantitative estimate of drug-likeness (QED) is 0.736. The third kappa shape index (κ3) is 5.42. The Morgan fingerprint density at radius 2 is 1.70 bits per heavy atom. The van der Waals surface area contributed by atoms with E-state index in [1.807, 2.05) is 55.5 Å². The number of aryl methyl sites for hydroxylation is 1. The van der Waals surface area contributed by atoms with Gasteiger partial charge in [-0.05, 0) is 36.1 Å². The molecule has 0 radical (unpaired) electrons. The number of carbonyl (C=O) groups is 1. The highest BCUT2D eigenvalue weighted by Crippen LogP contribution is 2.13. The van der Waals surface area contributed by atoms with Crippen molar-refractivity contribution in [3.8, 4) is 0 Å². The van der Waals surface area contributed by atoms with Gasteiger partial charge in [-0.2, -0.15) is 0 Å². The predicted octanol–water partition coefficient (Wildman–Crippen LogP) is 3.05. The summed E-state index contributed by atoms with van der Waals surface area (Å²) < 4.78 is 5.46. The lowest BCUT2D eigenvalue weighted by atomic mass is 10.1. The average molecular weight is 312 g/mol. The van der Waals surface area contributed by atoms with Gasteiger partial charge in [0.05, 0.1) is 6.61 Å². The Hall–Kier alpha value is -2.33. The maximum Gasteiger partial charge on any atom is 0.220 e. The molecule has 0 saturated carbocycles. The van der Waals surface area contributed by atoms with Crippen LogP contribution in [0.15, 0.2) is 48.5 Å².